The lowest BCUT2D eigenvalue weighted by molar-refractivity contribution is 0.0751. The van der Waals surface area contributed by atoms with Crippen LogP contribution in [0.3, 0.4) is 0 Å². The number of rotatable bonds is 5. The topological polar surface area (TPSA) is 73.9 Å². The van der Waals surface area contributed by atoms with Gasteiger partial charge in [0, 0.05) is 25.9 Å². The molecule has 0 atom stereocenters. The molecule has 0 fully saturated rings. The van der Waals surface area contributed by atoms with Crippen LogP contribution in [0.2, 0.25) is 0 Å². The Morgan fingerprint density at radius 1 is 1.07 bits per heavy atom. The van der Waals surface area contributed by atoms with Crippen molar-refractivity contribution >= 4 is 5.91 Å². The van der Waals surface area contributed by atoms with Crippen LogP contribution in [0.25, 0.3) is 0 Å². The first kappa shape index (κ1) is 17.9. The quantitative estimate of drug-likeness (QED) is 0.680. The lowest BCUT2D eigenvalue weighted by Crippen LogP contribution is -2.26. The van der Waals surface area contributed by atoms with Crippen molar-refractivity contribution in [2.45, 2.75) is 13.1 Å². The van der Waals surface area contributed by atoms with Gasteiger partial charge in [0.15, 0.2) is 17.3 Å². The smallest absolute Gasteiger partial charge is 0.289 e. The molecule has 7 heteroatoms. The number of ether oxygens (including phenoxy) is 2. The lowest BCUT2D eigenvalue weighted by atomic mass is 10.2. The first-order valence-electron chi connectivity index (χ1n) is 8.98. The van der Waals surface area contributed by atoms with Crippen molar-refractivity contribution in [2.24, 2.45) is 0 Å². The van der Waals surface area contributed by atoms with Gasteiger partial charge in [-0.3, -0.25) is 9.59 Å². The highest BCUT2D eigenvalue weighted by molar-refractivity contribution is 5.91. The van der Waals surface area contributed by atoms with E-state index in [1.807, 2.05) is 18.2 Å². The summed E-state index contributed by atoms with van der Waals surface area (Å²) in [5, 5.41) is 0. The van der Waals surface area contributed by atoms with Crippen LogP contribution in [0.5, 0.6) is 11.5 Å². The van der Waals surface area contributed by atoms with Crippen molar-refractivity contribution in [1.82, 2.24) is 9.47 Å². The summed E-state index contributed by atoms with van der Waals surface area (Å²) in [6, 6.07) is 13.9. The summed E-state index contributed by atoms with van der Waals surface area (Å²) in [7, 11) is 1.71. The molecule has 0 unspecified atom stereocenters. The van der Waals surface area contributed by atoms with E-state index in [4.69, 9.17) is 13.9 Å². The molecular weight excluding hydrogens is 360 g/mol. The van der Waals surface area contributed by atoms with Crippen molar-refractivity contribution in [1.29, 1.82) is 0 Å². The number of aromatic nitrogens is 1. The summed E-state index contributed by atoms with van der Waals surface area (Å²) < 4.78 is 18.3. The van der Waals surface area contributed by atoms with Crippen LogP contribution in [-0.2, 0) is 13.1 Å². The third-order valence-electron chi connectivity index (χ3n) is 4.47. The highest BCUT2D eigenvalue weighted by Crippen LogP contribution is 2.31. The second-order valence-electron chi connectivity index (χ2n) is 6.57. The maximum atomic E-state index is 12.7. The molecule has 3 aromatic rings. The minimum atomic E-state index is -0.235. The summed E-state index contributed by atoms with van der Waals surface area (Å²) in [6.45, 7) is 1.74. The van der Waals surface area contributed by atoms with Crippen LogP contribution in [-0.4, -0.2) is 35.6 Å². The molecular formula is C21H20N2O5. The van der Waals surface area contributed by atoms with Gasteiger partial charge in [-0.25, -0.2) is 0 Å². The number of benzene rings is 1. The summed E-state index contributed by atoms with van der Waals surface area (Å²) in [5.74, 6) is 1.96. The van der Waals surface area contributed by atoms with Gasteiger partial charge in [-0.1, -0.05) is 12.1 Å². The van der Waals surface area contributed by atoms with Gasteiger partial charge in [-0.2, -0.15) is 0 Å². The molecule has 1 amide bonds. The van der Waals surface area contributed by atoms with Gasteiger partial charge in [-0.05, 0) is 35.9 Å². The number of carbonyl (C=O) groups is 1. The fourth-order valence-corrected chi connectivity index (χ4v) is 3.06. The lowest BCUT2D eigenvalue weighted by Gasteiger charge is -2.20. The van der Waals surface area contributed by atoms with Crippen LogP contribution in [0.15, 0.2) is 63.9 Å². The molecule has 28 heavy (non-hydrogen) atoms. The van der Waals surface area contributed by atoms with E-state index in [1.165, 1.54) is 10.6 Å². The molecule has 3 heterocycles. The van der Waals surface area contributed by atoms with E-state index in [0.717, 1.165) is 11.3 Å². The molecule has 0 saturated heterocycles. The monoisotopic (exact) mass is 380 g/mol. The fourth-order valence-electron chi connectivity index (χ4n) is 3.06. The number of carbonyl (C=O) groups excluding carboxylic acids is 1. The average Bonchev–Trinajstić information content (AvgIpc) is 3.17. The first-order chi connectivity index (χ1) is 13.6. The maximum Gasteiger partial charge on any atom is 0.289 e. The zero-order chi connectivity index (χ0) is 19.5. The van der Waals surface area contributed by atoms with Crippen molar-refractivity contribution in [3.63, 3.8) is 0 Å². The fraction of sp³-hybridized carbons (Fsp3) is 0.238. The molecule has 1 aliphatic rings. The third kappa shape index (κ3) is 3.78. The van der Waals surface area contributed by atoms with Gasteiger partial charge >= 0.3 is 0 Å². The van der Waals surface area contributed by atoms with Gasteiger partial charge in [-0.15, -0.1) is 0 Å². The Morgan fingerprint density at radius 2 is 1.89 bits per heavy atom. The van der Waals surface area contributed by atoms with Crippen molar-refractivity contribution < 1.29 is 18.7 Å². The SMILES string of the molecule is CN(Cc1ccc2c(c1)OCCO2)C(=O)c1ccc(Cn2ccccc2=O)o1. The van der Waals surface area contributed by atoms with Gasteiger partial charge in [0.25, 0.3) is 11.5 Å². The number of hydrogen-bond acceptors (Lipinski definition) is 5. The molecule has 0 N–H and O–H groups in total. The van der Waals surface area contributed by atoms with Crippen molar-refractivity contribution in [3.8, 4) is 11.5 Å². The van der Waals surface area contributed by atoms with Crippen LogP contribution in [0.1, 0.15) is 21.9 Å². The maximum absolute atomic E-state index is 12.7. The Hall–Kier alpha value is -3.48. The molecule has 0 radical (unpaired) electrons. The Morgan fingerprint density at radius 3 is 2.71 bits per heavy atom. The minimum Gasteiger partial charge on any atom is -0.486 e. The second-order valence-corrected chi connectivity index (χ2v) is 6.57. The molecule has 0 saturated carbocycles. The van der Waals surface area contributed by atoms with E-state index in [2.05, 4.69) is 0 Å². The molecule has 0 aliphatic carbocycles. The third-order valence-corrected chi connectivity index (χ3v) is 4.47. The molecule has 0 spiro atoms. The van der Waals surface area contributed by atoms with Gasteiger partial charge < -0.3 is 23.4 Å². The van der Waals surface area contributed by atoms with Gasteiger partial charge in [0.1, 0.15) is 19.0 Å². The van der Waals surface area contributed by atoms with Crippen LogP contribution in [0, 0.1) is 0 Å². The first-order valence-corrected chi connectivity index (χ1v) is 8.98. The summed E-state index contributed by atoms with van der Waals surface area (Å²) in [5.41, 5.74) is 0.810. The second kappa shape index (κ2) is 7.64. The highest BCUT2D eigenvalue weighted by atomic mass is 16.6. The van der Waals surface area contributed by atoms with Crippen molar-refractivity contribution in [3.05, 3.63) is 82.2 Å². The molecule has 4 rings (SSSR count). The number of amides is 1. The van der Waals surface area contributed by atoms with Crippen LogP contribution >= 0.6 is 0 Å². The molecule has 1 aromatic carbocycles. The predicted octanol–water partition coefficient (Wildman–Crippen LogP) is 2.53. The van der Waals surface area contributed by atoms with Crippen molar-refractivity contribution in [2.75, 3.05) is 20.3 Å². The summed E-state index contributed by atoms with van der Waals surface area (Å²) >= 11 is 0. The Balaban J connectivity index is 1.43. The highest BCUT2D eigenvalue weighted by Gasteiger charge is 2.18. The van der Waals surface area contributed by atoms with Crippen LogP contribution < -0.4 is 15.0 Å². The van der Waals surface area contributed by atoms with E-state index < -0.39 is 0 Å². The summed E-state index contributed by atoms with van der Waals surface area (Å²) in [4.78, 5) is 26.1. The van der Waals surface area contributed by atoms with E-state index in [-0.39, 0.29) is 23.8 Å². The molecule has 144 valence electrons. The van der Waals surface area contributed by atoms with E-state index in [9.17, 15) is 9.59 Å². The van der Waals surface area contributed by atoms with E-state index in [1.54, 1.807) is 42.4 Å². The Kier molecular flexibility index (Phi) is 4.89. The zero-order valence-electron chi connectivity index (χ0n) is 15.5. The van der Waals surface area contributed by atoms with Gasteiger partial charge in [0.05, 0.1) is 6.54 Å². The molecule has 0 bridgehead atoms. The van der Waals surface area contributed by atoms with Crippen LogP contribution in [0.4, 0.5) is 0 Å². The molecule has 7 nitrogen and oxygen atoms in total. The van der Waals surface area contributed by atoms with E-state index in [0.29, 0.717) is 31.3 Å². The minimum absolute atomic E-state index is 0.123. The number of furan rings is 1. The number of nitrogens with zero attached hydrogens (tertiary/aromatic N) is 2. The number of pyridine rings is 1. The molecule has 2 aromatic heterocycles. The standard InChI is InChI=1S/C21H20N2O5/c1-22(13-15-5-7-17-19(12-15)27-11-10-26-17)21(25)18-8-6-16(28-18)14-23-9-3-2-4-20(23)24/h2-9,12H,10-11,13-14H2,1H3. The predicted molar refractivity (Wildman–Crippen MR) is 102 cm³/mol. The zero-order valence-corrected chi connectivity index (χ0v) is 15.5. The Bertz CT molecular complexity index is 1050. The molecule has 1 aliphatic heterocycles. The summed E-state index contributed by atoms with van der Waals surface area (Å²) in [6.07, 6.45) is 1.68. The Labute approximate surface area is 161 Å². The van der Waals surface area contributed by atoms with E-state index >= 15 is 0 Å². The normalized spacial score (nSPS) is 12.6. The average molecular weight is 380 g/mol. The van der Waals surface area contributed by atoms with Gasteiger partial charge in [0.2, 0.25) is 0 Å². The largest absolute Gasteiger partial charge is 0.486 e. The number of fused-ring (bicyclic) bond motifs is 1. The number of hydrogen-bond donors (Lipinski definition) is 0.